The number of rotatable bonds is 6. The summed E-state index contributed by atoms with van der Waals surface area (Å²) in [7, 11) is 4.02. The Morgan fingerprint density at radius 1 is 1.00 bits per heavy atom. The minimum absolute atomic E-state index is 0.803. The Balaban J connectivity index is 1.67. The molecule has 0 unspecified atom stereocenters. The second kappa shape index (κ2) is 8.29. The van der Waals surface area contributed by atoms with E-state index in [2.05, 4.69) is 65.6 Å². The van der Waals surface area contributed by atoms with Crippen molar-refractivity contribution in [2.45, 2.75) is 6.92 Å². The first-order chi connectivity index (χ1) is 14.6. The summed E-state index contributed by atoms with van der Waals surface area (Å²) in [6, 6.07) is 16.6. The van der Waals surface area contributed by atoms with Crippen molar-refractivity contribution < 1.29 is 4.42 Å². The first-order valence-corrected chi connectivity index (χ1v) is 9.89. The van der Waals surface area contributed by atoms with Crippen molar-refractivity contribution in [3.8, 4) is 0 Å². The van der Waals surface area contributed by atoms with Gasteiger partial charge in [-0.25, -0.2) is 4.98 Å². The molecule has 0 aliphatic heterocycles. The Bertz CT molecular complexity index is 1280. The van der Waals surface area contributed by atoms with Gasteiger partial charge in [0.1, 0.15) is 11.4 Å². The molecule has 4 heteroatoms. The van der Waals surface area contributed by atoms with Gasteiger partial charge >= 0.3 is 0 Å². The van der Waals surface area contributed by atoms with Crippen LogP contribution < -0.4 is 5.32 Å². The third-order valence-electron chi connectivity index (χ3n) is 4.99. The molecule has 0 saturated carbocycles. The predicted molar refractivity (Wildman–Crippen MR) is 127 cm³/mol. The molecule has 0 amide bonds. The lowest BCUT2D eigenvalue weighted by molar-refractivity contribution is 0.566. The first kappa shape index (κ1) is 19.5. The van der Waals surface area contributed by atoms with Crippen molar-refractivity contribution in [1.82, 2.24) is 9.88 Å². The molecule has 0 spiro atoms. The topological polar surface area (TPSA) is 41.3 Å². The highest BCUT2D eigenvalue weighted by molar-refractivity contribution is 5.90. The SMILES string of the molecule is C=C/C(=C\N(C)C)c1ccc2cnc(N/C(=C\C)c3ccc4occc4c3)cc2c1. The number of hydrogen-bond acceptors (Lipinski definition) is 4. The quantitative estimate of drug-likeness (QED) is 0.376. The van der Waals surface area contributed by atoms with E-state index in [4.69, 9.17) is 4.42 Å². The van der Waals surface area contributed by atoms with Crippen molar-refractivity contribution in [3.63, 3.8) is 0 Å². The fraction of sp³-hybridized carbons (Fsp3) is 0.115. The van der Waals surface area contributed by atoms with Gasteiger partial charge in [-0.1, -0.05) is 30.9 Å². The van der Waals surface area contributed by atoms with E-state index in [1.807, 2.05) is 50.3 Å². The monoisotopic (exact) mass is 395 g/mol. The van der Waals surface area contributed by atoms with E-state index in [1.165, 1.54) is 0 Å². The lowest BCUT2D eigenvalue weighted by Crippen LogP contribution is -2.02. The first-order valence-electron chi connectivity index (χ1n) is 9.89. The van der Waals surface area contributed by atoms with E-state index in [-0.39, 0.29) is 0 Å². The molecule has 0 aliphatic rings. The Morgan fingerprint density at radius 2 is 1.80 bits per heavy atom. The maximum Gasteiger partial charge on any atom is 0.133 e. The molecule has 0 atom stereocenters. The summed E-state index contributed by atoms with van der Waals surface area (Å²) in [6.07, 6.45) is 9.61. The Kier molecular flexibility index (Phi) is 5.40. The van der Waals surface area contributed by atoms with Crippen LogP contribution in [0.4, 0.5) is 5.82 Å². The molecule has 4 aromatic rings. The highest BCUT2D eigenvalue weighted by Gasteiger charge is 2.07. The van der Waals surface area contributed by atoms with Crippen LogP contribution >= 0.6 is 0 Å². The van der Waals surface area contributed by atoms with Crippen LogP contribution in [0.15, 0.2) is 90.3 Å². The van der Waals surface area contributed by atoms with Gasteiger partial charge in [0.25, 0.3) is 0 Å². The molecule has 2 aromatic heterocycles. The van der Waals surface area contributed by atoms with Crippen LogP contribution in [0.25, 0.3) is 33.0 Å². The molecular formula is C26H25N3O. The normalized spacial score (nSPS) is 12.4. The molecule has 4 rings (SSSR count). The number of pyridine rings is 1. The molecule has 2 aromatic carbocycles. The smallest absolute Gasteiger partial charge is 0.133 e. The van der Waals surface area contributed by atoms with E-state index in [9.17, 15) is 0 Å². The molecule has 0 radical (unpaired) electrons. The lowest BCUT2D eigenvalue weighted by atomic mass is 10.0. The molecular weight excluding hydrogens is 370 g/mol. The van der Waals surface area contributed by atoms with E-state index in [0.29, 0.717) is 0 Å². The Hall–Kier alpha value is -3.79. The summed E-state index contributed by atoms with van der Waals surface area (Å²) in [6.45, 7) is 5.97. The van der Waals surface area contributed by atoms with Gasteiger partial charge in [0.2, 0.25) is 0 Å². The third-order valence-corrected chi connectivity index (χ3v) is 4.99. The summed E-state index contributed by atoms with van der Waals surface area (Å²) >= 11 is 0. The zero-order chi connectivity index (χ0) is 21.1. The van der Waals surface area contributed by atoms with Crippen LogP contribution in [-0.2, 0) is 0 Å². The van der Waals surface area contributed by atoms with Crippen molar-refractivity contribution in [1.29, 1.82) is 0 Å². The molecule has 2 heterocycles. The van der Waals surface area contributed by atoms with Gasteiger partial charge in [-0.05, 0) is 65.4 Å². The molecule has 4 nitrogen and oxygen atoms in total. The summed E-state index contributed by atoms with van der Waals surface area (Å²) in [5, 5.41) is 6.76. The van der Waals surface area contributed by atoms with Gasteiger partial charge < -0.3 is 14.6 Å². The van der Waals surface area contributed by atoms with Crippen molar-refractivity contribution in [2.24, 2.45) is 0 Å². The van der Waals surface area contributed by atoms with E-state index >= 15 is 0 Å². The van der Waals surface area contributed by atoms with Crippen LogP contribution in [0.1, 0.15) is 18.1 Å². The van der Waals surface area contributed by atoms with E-state index in [0.717, 1.165) is 50.0 Å². The lowest BCUT2D eigenvalue weighted by Gasteiger charge is -2.13. The number of benzene rings is 2. The molecule has 30 heavy (non-hydrogen) atoms. The van der Waals surface area contributed by atoms with Gasteiger partial charge in [-0.15, -0.1) is 0 Å². The van der Waals surface area contributed by atoms with Gasteiger partial charge in [0.15, 0.2) is 0 Å². The van der Waals surface area contributed by atoms with Crippen molar-refractivity contribution in [3.05, 3.63) is 97.0 Å². The number of anilines is 1. The average molecular weight is 396 g/mol. The van der Waals surface area contributed by atoms with Crippen LogP contribution in [0.5, 0.6) is 0 Å². The van der Waals surface area contributed by atoms with Crippen LogP contribution in [0.3, 0.4) is 0 Å². The minimum atomic E-state index is 0.803. The fourth-order valence-corrected chi connectivity index (χ4v) is 3.50. The van der Waals surface area contributed by atoms with Crippen LogP contribution in [0, 0.1) is 0 Å². The molecule has 0 fully saturated rings. The molecule has 0 bridgehead atoms. The maximum atomic E-state index is 5.45. The largest absolute Gasteiger partial charge is 0.464 e. The number of nitrogens with zero attached hydrogens (tertiary/aromatic N) is 2. The van der Waals surface area contributed by atoms with Crippen molar-refractivity contribution in [2.75, 3.05) is 19.4 Å². The zero-order valence-corrected chi connectivity index (χ0v) is 17.5. The van der Waals surface area contributed by atoms with Gasteiger partial charge in [0.05, 0.1) is 6.26 Å². The molecule has 150 valence electrons. The van der Waals surface area contributed by atoms with E-state index in [1.54, 1.807) is 6.26 Å². The summed E-state index contributed by atoms with van der Waals surface area (Å²) in [4.78, 5) is 6.63. The second-order valence-corrected chi connectivity index (χ2v) is 7.38. The van der Waals surface area contributed by atoms with Crippen molar-refractivity contribution >= 4 is 38.8 Å². The Morgan fingerprint density at radius 3 is 2.57 bits per heavy atom. The minimum Gasteiger partial charge on any atom is -0.464 e. The van der Waals surface area contributed by atoms with Gasteiger partial charge in [0, 0.05) is 43.0 Å². The van der Waals surface area contributed by atoms with Crippen LogP contribution in [0.2, 0.25) is 0 Å². The van der Waals surface area contributed by atoms with Crippen LogP contribution in [-0.4, -0.2) is 24.0 Å². The Labute approximate surface area is 176 Å². The maximum absolute atomic E-state index is 5.45. The van der Waals surface area contributed by atoms with Gasteiger partial charge in [-0.3, -0.25) is 0 Å². The summed E-state index contributed by atoms with van der Waals surface area (Å²) in [5.74, 6) is 0.803. The summed E-state index contributed by atoms with van der Waals surface area (Å²) < 4.78 is 5.45. The highest BCUT2D eigenvalue weighted by atomic mass is 16.3. The standard InChI is InChI=1S/C26H25N3O/c1-5-18(17-29(3)4)19-7-8-22-16-27-26(15-23(22)13-19)28-24(6-2)20-9-10-25-21(14-20)11-12-30-25/h5-17H,1H2,2-4H3,(H,27,28)/b18-17+,24-6-. The number of fused-ring (bicyclic) bond motifs is 2. The number of aromatic nitrogens is 1. The number of hydrogen-bond donors (Lipinski definition) is 1. The molecule has 0 aliphatic carbocycles. The predicted octanol–water partition coefficient (Wildman–Crippen LogP) is 6.54. The van der Waals surface area contributed by atoms with E-state index < -0.39 is 0 Å². The number of furan rings is 1. The number of nitrogens with one attached hydrogen (secondary N) is 1. The summed E-state index contributed by atoms with van der Waals surface area (Å²) in [5.41, 5.74) is 5.18. The molecule has 0 saturated heterocycles. The number of allylic oxidation sites excluding steroid dienone is 3. The zero-order valence-electron chi connectivity index (χ0n) is 17.5. The highest BCUT2D eigenvalue weighted by Crippen LogP contribution is 2.26. The van der Waals surface area contributed by atoms with Gasteiger partial charge in [-0.2, -0.15) is 0 Å². The average Bonchev–Trinajstić information content (AvgIpc) is 3.23. The molecule has 1 N–H and O–H groups in total. The fourth-order valence-electron chi connectivity index (χ4n) is 3.50. The third kappa shape index (κ3) is 3.98. The second-order valence-electron chi connectivity index (χ2n) is 7.38.